The Hall–Kier alpha value is -1.84. The summed E-state index contributed by atoms with van der Waals surface area (Å²) in [7, 11) is 0. The second-order valence-electron chi connectivity index (χ2n) is 7.79. The van der Waals surface area contributed by atoms with E-state index in [4.69, 9.17) is 4.74 Å². The molecule has 0 heterocycles. The highest BCUT2D eigenvalue weighted by molar-refractivity contribution is 5.32. The van der Waals surface area contributed by atoms with Crippen LogP contribution in [0, 0.1) is 5.92 Å². The minimum absolute atomic E-state index is 0.000433. The molecule has 2 aromatic rings. The van der Waals surface area contributed by atoms with Crippen LogP contribution in [0.1, 0.15) is 31.4 Å². The van der Waals surface area contributed by atoms with Gasteiger partial charge in [0.05, 0.1) is 0 Å². The summed E-state index contributed by atoms with van der Waals surface area (Å²) in [5.74, 6) is 1.47. The van der Waals surface area contributed by atoms with Crippen LogP contribution in [-0.4, -0.2) is 29.9 Å². The fourth-order valence-corrected chi connectivity index (χ4v) is 3.75. The summed E-state index contributed by atoms with van der Waals surface area (Å²) in [4.78, 5) is 0. The maximum absolute atomic E-state index is 10.2. The van der Waals surface area contributed by atoms with Gasteiger partial charge < -0.3 is 15.2 Å². The van der Waals surface area contributed by atoms with Crippen molar-refractivity contribution in [3.05, 3.63) is 65.7 Å². The molecule has 134 valence electrons. The molecule has 1 aliphatic carbocycles. The molecule has 0 fully saturated rings. The van der Waals surface area contributed by atoms with E-state index in [0.29, 0.717) is 19.1 Å². The number of para-hydroxylation sites is 1. The quantitative estimate of drug-likeness (QED) is 0.772. The monoisotopic (exact) mass is 339 g/mol. The Balaban J connectivity index is 1.41. The number of nitrogens with one attached hydrogen (secondary N) is 1. The molecular formula is C22H29NO2. The molecule has 0 saturated carbocycles. The van der Waals surface area contributed by atoms with E-state index < -0.39 is 6.10 Å². The molecule has 0 amide bonds. The van der Waals surface area contributed by atoms with Crippen LogP contribution in [0.2, 0.25) is 0 Å². The Kier molecular flexibility index (Phi) is 5.77. The van der Waals surface area contributed by atoms with Crippen LogP contribution < -0.4 is 10.1 Å². The summed E-state index contributed by atoms with van der Waals surface area (Å²) >= 11 is 0. The third-order valence-corrected chi connectivity index (χ3v) is 4.94. The van der Waals surface area contributed by atoms with Crippen molar-refractivity contribution in [1.29, 1.82) is 0 Å². The Morgan fingerprint density at radius 1 is 1.04 bits per heavy atom. The lowest BCUT2D eigenvalue weighted by atomic mass is 9.88. The topological polar surface area (TPSA) is 41.5 Å². The molecular weight excluding hydrogens is 310 g/mol. The van der Waals surface area contributed by atoms with E-state index >= 15 is 0 Å². The van der Waals surface area contributed by atoms with Gasteiger partial charge in [-0.2, -0.15) is 0 Å². The second-order valence-corrected chi connectivity index (χ2v) is 7.79. The van der Waals surface area contributed by atoms with Crippen molar-refractivity contribution in [3.8, 4) is 5.75 Å². The SMILES string of the molecule is CC(C)(CC1Cc2ccccc2C1)NC[C@@H](O)COc1ccccc1. The van der Waals surface area contributed by atoms with Crippen molar-refractivity contribution in [3.63, 3.8) is 0 Å². The summed E-state index contributed by atoms with van der Waals surface area (Å²) in [6.45, 7) is 5.29. The number of aliphatic hydroxyl groups excluding tert-OH is 1. The van der Waals surface area contributed by atoms with E-state index in [2.05, 4.69) is 43.4 Å². The van der Waals surface area contributed by atoms with E-state index in [-0.39, 0.29) is 5.54 Å². The number of rotatable bonds is 8. The van der Waals surface area contributed by atoms with Crippen LogP contribution in [0.3, 0.4) is 0 Å². The molecule has 1 aliphatic rings. The smallest absolute Gasteiger partial charge is 0.119 e. The van der Waals surface area contributed by atoms with E-state index in [1.165, 1.54) is 24.0 Å². The summed E-state index contributed by atoms with van der Waals surface area (Å²) < 4.78 is 5.62. The zero-order valence-electron chi connectivity index (χ0n) is 15.2. The Morgan fingerprint density at radius 3 is 2.28 bits per heavy atom. The predicted molar refractivity (Wildman–Crippen MR) is 102 cm³/mol. The summed E-state index contributed by atoms with van der Waals surface area (Å²) in [6.07, 6.45) is 2.93. The van der Waals surface area contributed by atoms with E-state index in [1.54, 1.807) is 0 Å². The first-order chi connectivity index (χ1) is 12.0. The van der Waals surface area contributed by atoms with Crippen LogP contribution in [0.25, 0.3) is 0 Å². The molecule has 3 rings (SSSR count). The number of hydrogen-bond acceptors (Lipinski definition) is 3. The fourth-order valence-electron chi connectivity index (χ4n) is 3.75. The van der Waals surface area contributed by atoms with Gasteiger partial charge in [-0.25, -0.2) is 0 Å². The Bertz CT molecular complexity index is 644. The molecule has 1 atom stereocenters. The van der Waals surface area contributed by atoms with E-state index in [1.807, 2.05) is 30.3 Å². The highest BCUT2D eigenvalue weighted by Crippen LogP contribution is 2.31. The van der Waals surface area contributed by atoms with Crippen LogP contribution in [-0.2, 0) is 12.8 Å². The average Bonchev–Trinajstić information content (AvgIpc) is 3.00. The largest absolute Gasteiger partial charge is 0.491 e. The summed E-state index contributed by atoms with van der Waals surface area (Å²) in [5.41, 5.74) is 3.00. The van der Waals surface area contributed by atoms with Crippen molar-refractivity contribution in [2.45, 2.75) is 44.8 Å². The predicted octanol–water partition coefficient (Wildman–Crippen LogP) is 3.60. The van der Waals surface area contributed by atoms with Crippen molar-refractivity contribution in [2.24, 2.45) is 5.92 Å². The standard InChI is InChI=1S/C22H29NO2/c1-22(2,14-17-12-18-8-6-7-9-19(18)13-17)23-15-20(24)16-25-21-10-4-3-5-11-21/h3-11,17,20,23-24H,12-16H2,1-2H3/t20-/m1/s1. The van der Waals surface area contributed by atoms with Gasteiger partial charge in [-0.1, -0.05) is 42.5 Å². The van der Waals surface area contributed by atoms with Gasteiger partial charge in [0.25, 0.3) is 0 Å². The zero-order chi connectivity index (χ0) is 17.7. The normalized spacial score (nSPS) is 15.8. The first-order valence-corrected chi connectivity index (χ1v) is 9.19. The molecule has 0 saturated heterocycles. The highest BCUT2D eigenvalue weighted by Gasteiger charge is 2.28. The summed E-state index contributed by atoms with van der Waals surface area (Å²) in [6, 6.07) is 18.4. The molecule has 2 aromatic carbocycles. The molecule has 0 spiro atoms. The van der Waals surface area contributed by atoms with Gasteiger partial charge in [-0.15, -0.1) is 0 Å². The minimum Gasteiger partial charge on any atom is -0.491 e. The second kappa shape index (κ2) is 8.03. The van der Waals surface area contributed by atoms with Crippen molar-refractivity contribution in [1.82, 2.24) is 5.32 Å². The van der Waals surface area contributed by atoms with Crippen molar-refractivity contribution >= 4 is 0 Å². The lowest BCUT2D eigenvalue weighted by Gasteiger charge is -2.30. The molecule has 0 bridgehead atoms. The van der Waals surface area contributed by atoms with Crippen LogP contribution in [0.15, 0.2) is 54.6 Å². The first kappa shape index (κ1) is 18.0. The van der Waals surface area contributed by atoms with Crippen LogP contribution in [0.5, 0.6) is 5.75 Å². The molecule has 25 heavy (non-hydrogen) atoms. The Labute approximate surface area is 151 Å². The van der Waals surface area contributed by atoms with Gasteiger partial charge >= 0.3 is 0 Å². The number of fused-ring (bicyclic) bond motifs is 1. The van der Waals surface area contributed by atoms with Gasteiger partial charge in [0.15, 0.2) is 0 Å². The molecule has 3 heteroatoms. The molecule has 0 aromatic heterocycles. The summed E-state index contributed by atoms with van der Waals surface area (Å²) in [5, 5.41) is 13.7. The average molecular weight is 339 g/mol. The third kappa shape index (κ3) is 5.32. The first-order valence-electron chi connectivity index (χ1n) is 9.19. The maximum atomic E-state index is 10.2. The number of benzene rings is 2. The lowest BCUT2D eigenvalue weighted by Crippen LogP contribution is -2.46. The molecule has 0 aliphatic heterocycles. The van der Waals surface area contributed by atoms with Gasteiger partial charge in [0.1, 0.15) is 18.5 Å². The van der Waals surface area contributed by atoms with Gasteiger partial charge in [-0.05, 0) is 62.3 Å². The van der Waals surface area contributed by atoms with E-state index in [0.717, 1.165) is 12.2 Å². The van der Waals surface area contributed by atoms with Gasteiger partial charge in [0, 0.05) is 12.1 Å². The van der Waals surface area contributed by atoms with Gasteiger partial charge in [-0.3, -0.25) is 0 Å². The molecule has 2 N–H and O–H groups in total. The third-order valence-electron chi connectivity index (χ3n) is 4.94. The molecule has 0 unspecified atom stereocenters. The van der Waals surface area contributed by atoms with Crippen LogP contribution >= 0.6 is 0 Å². The number of ether oxygens (including phenoxy) is 1. The van der Waals surface area contributed by atoms with E-state index in [9.17, 15) is 5.11 Å². The highest BCUT2D eigenvalue weighted by atomic mass is 16.5. The molecule has 0 radical (unpaired) electrons. The fraction of sp³-hybridized carbons (Fsp3) is 0.455. The van der Waals surface area contributed by atoms with Crippen LogP contribution in [0.4, 0.5) is 0 Å². The van der Waals surface area contributed by atoms with Crippen molar-refractivity contribution in [2.75, 3.05) is 13.2 Å². The Morgan fingerprint density at radius 2 is 1.64 bits per heavy atom. The van der Waals surface area contributed by atoms with Gasteiger partial charge in [0.2, 0.25) is 0 Å². The number of aliphatic hydroxyl groups is 1. The lowest BCUT2D eigenvalue weighted by molar-refractivity contribution is 0.0966. The maximum Gasteiger partial charge on any atom is 0.119 e. The molecule has 3 nitrogen and oxygen atoms in total. The minimum atomic E-state index is -0.514. The zero-order valence-corrected chi connectivity index (χ0v) is 15.2. The number of β-amino-alcohol motifs (C(OH)–C–C–N with tert-alkyl or cyclic N) is 1. The number of hydrogen-bond donors (Lipinski definition) is 2. The van der Waals surface area contributed by atoms with Crippen molar-refractivity contribution < 1.29 is 9.84 Å².